The first-order valence-corrected chi connectivity index (χ1v) is 21.1. The molecule has 0 spiro atoms. The number of nitrogens with zero attached hydrogens (tertiary/aromatic N) is 6. The fourth-order valence-electron chi connectivity index (χ4n) is 9.56. The lowest BCUT2D eigenvalue weighted by atomic mass is 9.88. The third-order valence-corrected chi connectivity index (χ3v) is 12.4. The van der Waals surface area contributed by atoms with Gasteiger partial charge in [0.25, 0.3) is 6.33 Å². The first kappa shape index (κ1) is 36.0. The Morgan fingerprint density at radius 3 is 1.98 bits per heavy atom. The molecule has 0 fully saturated rings. The number of hydrogen-bond donors (Lipinski definition) is 0. The molecule has 0 aliphatic rings. The summed E-state index contributed by atoms with van der Waals surface area (Å²) in [7, 11) is 2.21. The first-order valence-electron chi connectivity index (χ1n) is 21.1. The summed E-state index contributed by atoms with van der Waals surface area (Å²) >= 11 is 0. The molecular formula is C55H42N6O. The molecule has 0 atom stereocenters. The van der Waals surface area contributed by atoms with Crippen molar-refractivity contribution in [2.24, 2.45) is 7.05 Å². The molecule has 0 saturated carbocycles. The quantitative estimate of drug-likeness (QED) is 0.124. The van der Waals surface area contributed by atoms with Gasteiger partial charge in [-0.05, 0) is 89.8 Å². The maximum atomic E-state index is 6.81. The molecule has 12 aromatic rings. The molecule has 0 radical (unpaired) electrons. The summed E-state index contributed by atoms with van der Waals surface area (Å²) in [6, 6.07) is 57.7. The van der Waals surface area contributed by atoms with Gasteiger partial charge in [-0.2, -0.15) is 0 Å². The van der Waals surface area contributed by atoms with Crippen molar-refractivity contribution >= 4 is 65.4 Å². The SMILES string of the molecule is Cn1c2ccccc2c2c3c4ccc(Oc5cccc(-[n+]6[c-]n(-c7ccccc7)cc6)c5)cc4n(-c4cc(C(C)(C)C)ccn4)c3c3c4ccccc4n(-c4ccccc4)c3c21. The van der Waals surface area contributed by atoms with E-state index < -0.39 is 0 Å². The van der Waals surface area contributed by atoms with Crippen LogP contribution in [0.3, 0.4) is 0 Å². The van der Waals surface area contributed by atoms with Gasteiger partial charge < -0.3 is 13.9 Å². The predicted octanol–water partition coefficient (Wildman–Crippen LogP) is 12.9. The van der Waals surface area contributed by atoms with E-state index in [2.05, 4.69) is 181 Å². The summed E-state index contributed by atoms with van der Waals surface area (Å²) < 4.78 is 18.0. The van der Waals surface area contributed by atoms with Crippen LogP contribution in [0.15, 0.2) is 182 Å². The van der Waals surface area contributed by atoms with Crippen LogP contribution in [0.4, 0.5) is 0 Å². The molecule has 0 amide bonds. The van der Waals surface area contributed by atoms with E-state index in [1.807, 2.05) is 58.1 Å². The molecule has 0 aliphatic heterocycles. The molecule has 0 bridgehead atoms. The number of rotatable bonds is 6. The van der Waals surface area contributed by atoms with Crippen LogP contribution in [0.5, 0.6) is 11.5 Å². The maximum absolute atomic E-state index is 6.81. The molecule has 0 aliphatic carbocycles. The van der Waals surface area contributed by atoms with E-state index in [1.165, 1.54) is 49.0 Å². The van der Waals surface area contributed by atoms with Crippen LogP contribution in [0.2, 0.25) is 0 Å². The Morgan fingerprint density at radius 1 is 0.548 bits per heavy atom. The van der Waals surface area contributed by atoms with E-state index in [9.17, 15) is 0 Å². The Bertz CT molecular complexity index is 3710. The smallest absolute Gasteiger partial charge is 0.268 e. The Hall–Kier alpha value is -7.90. The van der Waals surface area contributed by atoms with Crippen LogP contribution in [0.1, 0.15) is 26.3 Å². The van der Waals surface area contributed by atoms with Gasteiger partial charge in [-0.15, -0.1) is 0 Å². The van der Waals surface area contributed by atoms with E-state index in [-0.39, 0.29) is 5.41 Å². The highest BCUT2D eigenvalue weighted by Gasteiger charge is 2.28. The molecule has 5 heterocycles. The fraction of sp³-hybridized carbons (Fsp3) is 0.0909. The fourth-order valence-corrected chi connectivity index (χ4v) is 9.56. The van der Waals surface area contributed by atoms with Crippen LogP contribution < -0.4 is 9.30 Å². The predicted molar refractivity (Wildman–Crippen MR) is 252 cm³/mol. The van der Waals surface area contributed by atoms with Crippen molar-refractivity contribution in [2.75, 3.05) is 0 Å². The molecule has 5 aromatic heterocycles. The molecule has 0 saturated heterocycles. The number of benzene rings is 7. The molecule has 0 N–H and O–H groups in total. The molecule has 7 aromatic carbocycles. The molecule has 0 unspecified atom stereocenters. The van der Waals surface area contributed by atoms with E-state index in [4.69, 9.17) is 9.72 Å². The zero-order valence-electron chi connectivity index (χ0n) is 34.9. The Labute approximate surface area is 358 Å². The van der Waals surface area contributed by atoms with Crippen molar-refractivity contribution in [3.05, 3.63) is 194 Å². The highest BCUT2D eigenvalue weighted by Crippen LogP contribution is 2.49. The molecule has 298 valence electrons. The Kier molecular flexibility index (Phi) is 7.87. The van der Waals surface area contributed by atoms with E-state index in [1.54, 1.807) is 0 Å². The van der Waals surface area contributed by atoms with Crippen molar-refractivity contribution in [3.8, 4) is 34.4 Å². The van der Waals surface area contributed by atoms with Gasteiger partial charge in [0.05, 0.1) is 39.0 Å². The minimum Gasteiger partial charge on any atom is -0.458 e. The average molecular weight is 803 g/mol. The standard InChI is InChI=1S/C55H42N6O/c1-55(2,3)36-28-29-56-48(32-36)61-47-34-41(62-40-21-15-20-39(33-40)59-31-30-58(35-59)37-16-7-5-8-17-37)26-27-44(47)49-50-42-22-11-13-24-45(42)57(4)53(50)54-51(52(49)61)43-23-12-14-25-46(43)60(54)38-18-9-6-10-19-38/h5-34H,1-4H3. The van der Waals surface area contributed by atoms with Gasteiger partial charge in [-0.1, -0.05) is 99.6 Å². The second-order valence-electron chi connectivity index (χ2n) is 17.2. The summed E-state index contributed by atoms with van der Waals surface area (Å²) in [6.45, 7) is 6.78. The second-order valence-corrected chi connectivity index (χ2v) is 17.2. The summed E-state index contributed by atoms with van der Waals surface area (Å²) in [5.74, 6) is 2.33. The van der Waals surface area contributed by atoms with Crippen LogP contribution in [0, 0.1) is 6.33 Å². The van der Waals surface area contributed by atoms with E-state index >= 15 is 0 Å². The average Bonchev–Trinajstić information content (AvgIpc) is 4.08. The van der Waals surface area contributed by atoms with Gasteiger partial charge in [-0.25, -0.2) is 4.98 Å². The molecule has 62 heavy (non-hydrogen) atoms. The van der Waals surface area contributed by atoms with Crippen molar-refractivity contribution in [1.29, 1.82) is 0 Å². The summed E-state index contributed by atoms with van der Waals surface area (Å²) in [6.07, 6.45) is 9.43. The lowest BCUT2D eigenvalue weighted by Gasteiger charge is -2.20. The van der Waals surface area contributed by atoms with Crippen molar-refractivity contribution in [3.63, 3.8) is 0 Å². The summed E-state index contributed by atoms with van der Waals surface area (Å²) in [5, 5.41) is 7.13. The minimum absolute atomic E-state index is 0.0885. The molecule has 12 rings (SSSR count). The highest BCUT2D eigenvalue weighted by molar-refractivity contribution is 6.40. The number of ether oxygens (including phenoxy) is 1. The van der Waals surface area contributed by atoms with Crippen molar-refractivity contribution in [2.45, 2.75) is 26.2 Å². The third-order valence-electron chi connectivity index (χ3n) is 12.4. The van der Waals surface area contributed by atoms with Crippen LogP contribution in [-0.4, -0.2) is 23.3 Å². The molecule has 7 nitrogen and oxygen atoms in total. The van der Waals surface area contributed by atoms with E-state index in [0.717, 1.165) is 56.3 Å². The first-order chi connectivity index (χ1) is 30.3. The van der Waals surface area contributed by atoms with Crippen LogP contribution in [0.25, 0.3) is 88.3 Å². The number of aryl methyl sites for hydroxylation is 1. The Morgan fingerprint density at radius 2 is 1.21 bits per heavy atom. The highest BCUT2D eigenvalue weighted by atomic mass is 16.5. The second kappa shape index (κ2) is 13.6. The van der Waals surface area contributed by atoms with Crippen molar-refractivity contribution in [1.82, 2.24) is 23.3 Å². The third kappa shape index (κ3) is 5.44. The maximum Gasteiger partial charge on any atom is 0.268 e. The number of hydrogen-bond acceptors (Lipinski definition) is 2. The van der Waals surface area contributed by atoms with Gasteiger partial charge in [0.2, 0.25) is 0 Å². The number of pyridine rings is 1. The largest absolute Gasteiger partial charge is 0.458 e. The van der Waals surface area contributed by atoms with Gasteiger partial charge in [0.15, 0.2) is 0 Å². The summed E-state index contributed by atoms with van der Waals surface area (Å²) in [4.78, 5) is 5.18. The lowest BCUT2D eigenvalue weighted by molar-refractivity contribution is -0.599. The van der Waals surface area contributed by atoms with Crippen molar-refractivity contribution < 1.29 is 9.30 Å². The van der Waals surface area contributed by atoms with Gasteiger partial charge in [0.1, 0.15) is 17.3 Å². The summed E-state index contributed by atoms with van der Waals surface area (Å²) in [5.41, 5.74) is 11.1. The lowest BCUT2D eigenvalue weighted by Crippen LogP contribution is -2.28. The zero-order chi connectivity index (χ0) is 41.7. The monoisotopic (exact) mass is 802 g/mol. The van der Waals surface area contributed by atoms with Crippen LogP contribution >= 0.6 is 0 Å². The minimum atomic E-state index is -0.0885. The molecular weight excluding hydrogens is 761 g/mol. The topological polar surface area (TPSA) is 45.7 Å². The van der Waals surface area contributed by atoms with Crippen LogP contribution in [-0.2, 0) is 12.5 Å². The molecule has 7 heteroatoms. The number of para-hydroxylation sites is 4. The normalized spacial score (nSPS) is 12.2. The Balaban J connectivity index is 1.17. The zero-order valence-corrected chi connectivity index (χ0v) is 34.9. The number of aromatic nitrogens is 6. The van der Waals surface area contributed by atoms with Gasteiger partial charge >= 0.3 is 0 Å². The number of imidazole rings is 1. The van der Waals surface area contributed by atoms with E-state index in [0.29, 0.717) is 0 Å². The van der Waals surface area contributed by atoms with Gasteiger partial charge in [-0.3, -0.25) is 13.7 Å². The number of fused-ring (bicyclic) bond motifs is 12. The van der Waals surface area contributed by atoms with Gasteiger partial charge in [0, 0.05) is 75.2 Å².